The predicted octanol–water partition coefficient (Wildman–Crippen LogP) is 7.50. The Bertz CT molecular complexity index is 2530. The molecule has 3 fully saturated rings. The first kappa shape index (κ1) is 74.8. The maximum Gasteiger partial charge on any atom is 0.223 e. The molecule has 0 aromatic heterocycles. The largest absolute Gasteiger partial charge is 0.391 e. The summed E-state index contributed by atoms with van der Waals surface area (Å²) in [5.74, 6) is -0.863. The van der Waals surface area contributed by atoms with Gasteiger partial charge in [-0.1, -0.05) is 146 Å². The Balaban J connectivity index is 0.000000285. The summed E-state index contributed by atoms with van der Waals surface area (Å²) in [7, 11) is 0. The average Bonchev–Trinajstić information content (AvgIpc) is 4.47. The van der Waals surface area contributed by atoms with Gasteiger partial charge in [-0.3, -0.25) is 43.2 Å². The zero-order valence-corrected chi connectivity index (χ0v) is 54.9. The lowest BCUT2D eigenvalue weighted by Gasteiger charge is -2.27. The summed E-state index contributed by atoms with van der Waals surface area (Å²) in [6.07, 6.45) is 6.52. The Labute approximate surface area is 530 Å². The Morgan fingerprint density at radius 3 is 0.989 bits per heavy atom. The number of carbonyl (C=O) groups is 9. The van der Waals surface area contributed by atoms with Gasteiger partial charge in [-0.05, 0) is 131 Å². The van der Waals surface area contributed by atoms with Crippen molar-refractivity contribution in [1.82, 2.24) is 30.7 Å². The van der Waals surface area contributed by atoms with Crippen LogP contribution < -0.4 is 16.0 Å². The molecule has 0 aliphatic carbocycles. The topological polar surface area (TPSA) is 260 Å². The van der Waals surface area contributed by atoms with Crippen LogP contribution in [0.25, 0.3) is 0 Å². The van der Waals surface area contributed by atoms with Gasteiger partial charge in [0, 0.05) is 56.7 Å². The van der Waals surface area contributed by atoms with Gasteiger partial charge in [-0.15, -0.1) is 0 Å². The fraction of sp³-hybridized carbons (Fsp3) is 0.620. The van der Waals surface area contributed by atoms with Crippen LogP contribution >= 0.6 is 0 Å². The van der Waals surface area contributed by atoms with Gasteiger partial charge in [-0.25, -0.2) is 0 Å². The molecule has 6 N–H and O–H groups in total. The van der Waals surface area contributed by atoms with E-state index in [0.29, 0.717) is 77.4 Å². The SMILES string of the molecule is CC(C)C[C@H](CC(=O)[C@@H]1CCCN1C=O)C(=O)N[C@@H](Cc1ccccc1)C(C)O.CC(C)C[C@H](CC(=O)[C@@H]1C[C@@H](C)CN1C=O)C(=O)N[C@@H](Cc1ccccc1)C(C)O.CC(C)C[C@H](CC(=O)[C@@H]1C[C@H](C)CN1C=O)C(=O)N[C@@H](Cc1ccccc1)C(C)O. The van der Waals surface area contributed by atoms with Crippen LogP contribution in [0.4, 0.5) is 0 Å². The summed E-state index contributed by atoms with van der Waals surface area (Å²) in [6, 6.07) is 26.6. The van der Waals surface area contributed by atoms with Crippen molar-refractivity contribution in [2.24, 2.45) is 47.3 Å². The molecule has 0 radical (unpaired) electrons. The Kier molecular flexibility index (Phi) is 32.1. The predicted molar refractivity (Wildman–Crippen MR) is 345 cm³/mol. The number of aliphatic hydroxyl groups is 3. The number of nitrogens with zero attached hydrogens (tertiary/aromatic N) is 3. The van der Waals surface area contributed by atoms with Crippen LogP contribution in [0.1, 0.15) is 157 Å². The molecule has 18 nitrogen and oxygen atoms in total. The number of hydrogen-bond acceptors (Lipinski definition) is 12. The molecule has 0 saturated carbocycles. The fourth-order valence-corrected chi connectivity index (χ4v) is 12.5. The molecule has 3 aromatic carbocycles. The maximum atomic E-state index is 13.1. The maximum absolute atomic E-state index is 13.1. The number of carbonyl (C=O) groups excluding carboxylic acids is 9. The second kappa shape index (κ2) is 38.2. The fourth-order valence-electron chi connectivity index (χ4n) is 12.5. The van der Waals surface area contributed by atoms with Gasteiger partial charge in [-0.2, -0.15) is 0 Å². The highest BCUT2D eigenvalue weighted by Crippen LogP contribution is 2.29. The number of ketones is 3. The van der Waals surface area contributed by atoms with Gasteiger partial charge >= 0.3 is 0 Å². The van der Waals surface area contributed by atoms with Crippen LogP contribution in [-0.4, -0.2) is 159 Å². The molecule has 3 unspecified atom stereocenters. The third-order valence-electron chi connectivity index (χ3n) is 17.3. The van der Waals surface area contributed by atoms with Crippen molar-refractivity contribution >= 4 is 54.3 Å². The Morgan fingerprint density at radius 1 is 0.449 bits per heavy atom. The second-order valence-corrected chi connectivity index (χ2v) is 26.9. The minimum absolute atomic E-state index is 0.0490. The van der Waals surface area contributed by atoms with Gasteiger partial charge < -0.3 is 46.0 Å². The van der Waals surface area contributed by atoms with Crippen LogP contribution in [0, 0.1) is 47.3 Å². The van der Waals surface area contributed by atoms with E-state index in [9.17, 15) is 58.5 Å². The molecule has 14 atom stereocenters. The van der Waals surface area contributed by atoms with Crippen molar-refractivity contribution in [3.8, 4) is 0 Å². The lowest BCUT2D eigenvalue weighted by atomic mass is 9.88. The standard InChI is InChI=1S/2C24H36N2O4.C23H34N2O4/c2*1-16(2)10-20(13-23(29)22-11-17(3)14-26(22)15-27)24(30)25-21(18(4)28)12-19-8-6-5-7-9-19;1-16(2)12-19(14-22(28)21-10-7-11-25(21)15-26)23(29)24-20(17(3)27)13-18-8-5-4-6-9-18/h2*5-9,15-18,20-22,28H,10-14H2,1-4H3,(H,25,30);4-6,8-9,15-17,19-21,27H,7,10-14H2,1-3H3,(H,24,29)/t17-,18?,20+,21-,22-;17-,18?,20-,21+,22+;17?,19-,20+,21+/m011/s1. The average molecular weight is 1240 g/mol. The molecule has 3 aliphatic rings. The first-order valence-electron chi connectivity index (χ1n) is 32.5. The van der Waals surface area contributed by atoms with Gasteiger partial charge in [0.2, 0.25) is 37.0 Å². The minimum Gasteiger partial charge on any atom is -0.391 e. The first-order valence-corrected chi connectivity index (χ1v) is 32.5. The summed E-state index contributed by atoms with van der Waals surface area (Å²) in [5.41, 5.74) is 3.09. The van der Waals surface area contributed by atoms with Crippen LogP contribution in [0.3, 0.4) is 0 Å². The molecule has 6 rings (SSSR count). The van der Waals surface area contributed by atoms with E-state index in [0.717, 1.165) is 42.3 Å². The molecule has 18 heteroatoms. The highest BCUT2D eigenvalue weighted by atomic mass is 16.3. The Hall–Kier alpha value is -6.63. The highest BCUT2D eigenvalue weighted by Gasteiger charge is 2.39. The number of rotatable bonds is 33. The molecular weight excluding hydrogens is 1130 g/mol. The number of likely N-dealkylation sites (tertiary alicyclic amines) is 3. The van der Waals surface area contributed by atoms with Gasteiger partial charge in [0.05, 0.1) is 54.6 Å². The number of aliphatic hydroxyl groups excluding tert-OH is 3. The lowest BCUT2D eigenvalue weighted by Crippen LogP contribution is -2.47. The van der Waals surface area contributed by atoms with Gasteiger partial charge in [0.25, 0.3) is 0 Å². The van der Waals surface area contributed by atoms with E-state index >= 15 is 0 Å². The van der Waals surface area contributed by atoms with E-state index < -0.39 is 72.3 Å². The molecule has 0 spiro atoms. The normalized spacial score (nSPS) is 21.1. The summed E-state index contributed by atoms with van der Waals surface area (Å²) in [4.78, 5) is 116. The third kappa shape index (κ3) is 25.6. The first-order chi connectivity index (χ1) is 42.2. The van der Waals surface area contributed by atoms with Gasteiger partial charge in [0.15, 0.2) is 17.3 Å². The summed E-state index contributed by atoms with van der Waals surface area (Å²) in [6.45, 7) is 23.0. The number of Topliss-reactive ketones (excluding diaryl/α,β-unsaturated/α-hetero) is 3. The highest BCUT2D eigenvalue weighted by molar-refractivity contribution is 5.93. The summed E-state index contributed by atoms with van der Waals surface area (Å²) in [5, 5.41) is 39.5. The zero-order valence-electron chi connectivity index (χ0n) is 54.9. The third-order valence-corrected chi connectivity index (χ3v) is 17.3. The van der Waals surface area contributed by atoms with Crippen LogP contribution in [-0.2, 0) is 62.4 Å². The molecule has 3 heterocycles. The quantitative estimate of drug-likeness (QED) is 0.0324. The van der Waals surface area contributed by atoms with Crippen molar-refractivity contribution in [1.29, 1.82) is 0 Å². The summed E-state index contributed by atoms with van der Waals surface area (Å²) >= 11 is 0. The number of hydrogen-bond donors (Lipinski definition) is 6. The summed E-state index contributed by atoms with van der Waals surface area (Å²) < 4.78 is 0. The molecule has 6 amide bonds. The molecular formula is C71H106N6O12. The van der Waals surface area contributed by atoms with Crippen molar-refractivity contribution in [3.05, 3.63) is 108 Å². The molecule has 0 bridgehead atoms. The monoisotopic (exact) mass is 1230 g/mol. The Morgan fingerprint density at radius 2 is 0.730 bits per heavy atom. The molecule has 3 saturated heterocycles. The van der Waals surface area contributed by atoms with Crippen LogP contribution in [0.15, 0.2) is 91.0 Å². The van der Waals surface area contributed by atoms with Gasteiger partial charge in [0.1, 0.15) is 0 Å². The minimum atomic E-state index is -0.717. The smallest absolute Gasteiger partial charge is 0.223 e. The van der Waals surface area contributed by atoms with E-state index in [1.165, 1.54) is 0 Å². The van der Waals surface area contributed by atoms with Crippen molar-refractivity contribution in [3.63, 3.8) is 0 Å². The van der Waals surface area contributed by atoms with E-state index in [1.54, 1.807) is 35.5 Å². The van der Waals surface area contributed by atoms with Crippen molar-refractivity contribution in [2.75, 3.05) is 19.6 Å². The van der Waals surface area contributed by atoms with Crippen LogP contribution in [0.2, 0.25) is 0 Å². The molecule has 89 heavy (non-hydrogen) atoms. The molecule has 3 aromatic rings. The number of amides is 6. The molecule has 3 aliphatic heterocycles. The zero-order chi connectivity index (χ0) is 65.9. The van der Waals surface area contributed by atoms with Crippen molar-refractivity contribution < 1.29 is 58.5 Å². The van der Waals surface area contributed by atoms with E-state index in [4.69, 9.17) is 0 Å². The van der Waals surface area contributed by atoms with E-state index in [-0.39, 0.29) is 83.9 Å². The second-order valence-electron chi connectivity index (χ2n) is 26.9. The number of benzene rings is 3. The number of nitrogens with one attached hydrogen (secondary N) is 3. The van der Waals surface area contributed by atoms with Crippen molar-refractivity contribution in [2.45, 2.75) is 214 Å². The lowest BCUT2D eigenvalue weighted by molar-refractivity contribution is -0.134. The van der Waals surface area contributed by atoms with Crippen LogP contribution in [0.5, 0.6) is 0 Å². The van der Waals surface area contributed by atoms with E-state index in [2.05, 4.69) is 16.0 Å². The molecule has 492 valence electrons. The van der Waals surface area contributed by atoms with E-state index in [1.807, 2.05) is 146 Å².